The molecule has 0 saturated heterocycles. The molecule has 0 heterocycles. The predicted octanol–water partition coefficient (Wildman–Crippen LogP) is 1.68. The van der Waals surface area contributed by atoms with E-state index in [0.717, 1.165) is 12.1 Å². The number of aliphatic imine (C=N–C) groups is 1. The molecule has 0 aromatic carbocycles. The van der Waals surface area contributed by atoms with E-state index in [1.165, 1.54) is 0 Å². The number of nitrogens with two attached hydrogens (primary N) is 1. The summed E-state index contributed by atoms with van der Waals surface area (Å²) in [4.78, 5) is 4.02. The Morgan fingerprint density at radius 1 is 1.56 bits per heavy atom. The summed E-state index contributed by atoms with van der Waals surface area (Å²) in [5, 5.41) is 0. The maximum atomic E-state index is 5.33. The normalized spacial score (nSPS) is 14.1. The largest absolute Gasteiger partial charge is 0.387 e. The van der Waals surface area contributed by atoms with Gasteiger partial charge in [-0.3, -0.25) is 0 Å². The number of hydrogen-bond donors (Lipinski definition) is 1. The smallest absolute Gasteiger partial charge is 0.0960 e. The van der Waals surface area contributed by atoms with Crippen LogP contribution in [0, 0.1) is 0 Å². The molecule has 2 nitrogen and oxygen atoms in total. The van der Waals surface area contributed by atoms with Crippen molar-refractivity contribution in [1.29, 1.82) is 0 Å². The van der Waals surface area contributed by atoms with Crippen LogP contribution in [0.2, 0.25) is 0 Å². The summed E-state index contributed by atoms with van der Waals surface area (Å²) >= 11 is 0. The maximum absolute atomic E-state index is 5.33. The van der Waals surface area contributed by atoms with Gasteiger partial charge in [-0.1, -0.05) is 13.0 Å². The molecular formula is C7H14N2. The first kappa shape index (κ1) is 8.21. The van der Waals surface area contributed by atoms with Crippen molar-refractivity contribution in [2.75, 3.05) is 0 Å². The molecule has 0 radical (unpaired) electrons. The molecule has 0 aliphatic heterocycles. The molecule has 9 heavy (non-hydrogen) atoms. The topological polar surface area (TPSA) is 38.4 Å². The predicted molar refractivity (Wildman–Crippen MR) is 41.3 cm³/mol. The highest BCUT2D eigenvalue weighted by Gasteiger charge is 1.80. The zero-order valence-electron chi connectivity index (χ0n) is 6.31. The number of rotatable bonds is 2. The molecule has 0 aromatic rings. The van der Waals surface area contributed by atoms with E-state index in [4.69, 9.17) is 5.73 Å². The van der Waals surface area contributed by atoms with E-state index in [2.05, 4.69) is 11.9 Å². The highest BCUT2D eigenvalue weighted by molar-refractivity contribution is 5.78. The van der Waals surface area contributed by atoms with Crippen LogP contribution >= 0.6 is 0 Å². The van der Waals surface area contributed by atoms with E-state index in [9.17, 15) is 0 Å². The Bertz CT molecular complexity index is 130. The quantitative estimate of drug-likeness (QED) is 0.443. The first-order valence-corrected chi connectivity index (χ1v) is 3.14. The summed E-state index contributed by atoms with van der Waals surface area (Å²) in [6.45, 7) is 5.80. The van der Waals surface area contributed by atoms with Crippen molar-refractivity contribution >= 4 is 5.84 Å². The Hall–Kier alpha value is -0.790. The molecule has 0 aliphatic rings. The van der Waals surface area contributed by atoms with Crippen LogP contribution in [0.25, 0.3) is 0 Å². The second-order valence-electron chi connectivity index (χ2n) is 2.01. The van der Waals surface area contributed by atoms with Gasteiger partial charge in [0.15, 0.2) is 0 Å². The van der Waals surface area contributed by atoms with E-state index in [0.29, 0.717) is 5.84 Å². The SMILES string of the molecule is CCC=C(C)N=C(C)N. The highest BCUT2D eigenvalue weighted by Crippen LogP contribution is 1.95. The minimum absolute atomic E-state index is 0.622. The van der Waals surface area contributed by atoms with Gasteiger partial charge in [0, 0.05) is 5.70 Å². The van der Waals surface area contributed by atoms with Gasteiger partial charge in [-0.05, 0) is 20.3 Å². The van der Waals surface area contributed by atoms with Crippen LogP contribution in [-0.2, 0) is 0 Å². The monoisotopic (exact) mass is 126 g/mol. The summed E-state index contributed by atoms with van der Waals surface area (Å²) in [6.07, 6.45) is 3.05. The van der Waals surface area contributed by atoms with Crippen LogP contribution in [0.3, 0.4) is 0 Å². The van der Waals surface area contributed by atoms with Crippen molar-refractivity contribution in [1.82, 2.24) is 0 Å². The summed E-state index contributed by atoms with van der Waals surface area (Å²) in [7, 11) is 0. The van der Waals surface area contributed by atoms with E-state index >= 15 is 0 Å². The van der Waals surface area contributed by atoms with Crippen molar-refractivity contribution in [2.45, 2.75) is 27.2 Å². The van der Waals surface area contributed by atoms with E-state index in [1.807, 2.05) is 13.0 Å². The molecule has 52 valence electrons. The van der Waals surface area contributed by atoms with Crippen molar-refractivity contribution in [3.8, 4) is 0 Å². The average molecular weight is 126 g/mol. The lowest BCUT2D eigenvalue weighted by atomic mass is 10.4. The van der Waals surface area contributed by atoms with Crippen molar-refractivity contribution in [2.24, 2.45) is 10.7 Å². The fourth-order valence-electron chi connectivity index (χ4n) is 0.619. The summed E-state index contributed by atoms with van der Waals surface area (Å²) in [5.74, 6) is 0.622. The molecule has 0 bridgehead atoms. The van der Waals surface area contributed by atoms with Crippen LogP contribution in [0.1, 0.15) is 27.2 Å². The minimum atomic E-state index is 0.622. The lowest BCUT2D eigenvalue weighted by Gasteiger charge is -1.90. The van der Waals surface area contributed by atoms with Gasteiger partial charge in [-0.15, -0.1) is 0 Å². The van der Waals surface area contributed by atoms with Gasteiger partial charge >= 0.3 is 0 Å². The lowest BCUT2D eigenvalue weighted by molar-refractivity contribution is 1.15. The van der Waals surface area contributed by atoms with Gasteiger partial charge in [-0.25, -0.2) is 4.99 Å². The third-order valence-electron chi connectivity index (χ3n) is 0.852. The Morgan fingerprint density at radius 3 is 2.44 bits per heavy atom. The molecule has 0 aliphatic carbocycles. The molecule has 0 atom stereocenters. The molecule has 0 spiro atoms. The van der Waals surface area contributed by atoms with E-state index < -0.39 is 0 Å². The maximum Gasteiger partial charge on any atom is 0.0960 e. The van der Waals surface area contributed by atoms with Crippen molar-refractivity contribution in [3.05, 3.63) is 11.8 Å². The van der Waals surface area contributed by atoms with Gasteiger partial charge in [0.2, 0.25) is 0 Å². The van der Waals surface area contributed by atoms with E-state index in [1.54, 1.807) is 6.92 Å². The summed E-state index contributed by atoms with van der Waals surface area (Å²) in [5.41, 5.74) is 6.33. The van der Waals surface area contributed by atoms with Gasteiger partial charge in [0.1, 0.15) is 0 Å². The molecule has 0 unspecified atom stereocenters. The average Bonchev–Trinajstić information content (AvgIpc) is 1.63. The Labute approximate surface area is 56.5 Å². The van der Waals surface area contributed by atoms with Crippen molar-refractivity contribution < 1.29 is 0 Å². The fraction of sp³-hybridized carbons (Fsp3) is 0.571. The fourth-order valence-corrected chi connectivity index (χ4v) is 0.619. The molecule has 0 saturated carbocycles. The second-order valence-corrected chi connectivity index (χ2v) is 2.01. The molecule has 2 N–H and O–H groups in total. The van der Waals surface area contributed by atoms with Gasteiger partial charge < -0.3 is 5.73 Å². The standard InChI is InChI=1S/C7H14N2/c1-4-5-6(2)9-7(3)8/h5H,4H2,1-3H3,(H2,8,9). The first-order valence-electron chi connectivity index (χ1n) is 3.14. The van der Waals surface area contributed by atoms with Gasteiger partial charge in [-0.2, -0.15) is 0 Å². The molecule has 0 rings (SSSR count). The van der Waals surface area contributed by atoms with Crippen molar-refractivity contribution in [3.63, 3.8) is 0 Å². The highest BCUT2D eigenvalue weighted by atomic mass is 14.8. The lowest BCUT2D eigenvalue weighted by Crippen LogP contribution is -2.04. The third-order valence-corrected chi connectivity index (χ3v) is 0.852. The van der Waals surface area contributed by atoms with Crippen LogP contribution in [0.4, 0.5) is 0 Å². The number of allylic oxidation sites excluding steroid dienone is 2. The van der Waals surface area contributed by atoms with Crippen LogP contribution in [0.5, 0.6) is 0 Å². The zero-order chi connectivity index (χ0) is 7.28. The Balaban J connectivity index is 3.90. The third kappa shape index (κ3) is 5.07. The Morgan fingerprint density at radius 2 is 2.11 bits per heavy atom. The second kappa shape index (κ2) is 4.13. The summed E-state index contributed by atoms with van der Waals surface area (Å²) in [6, 6.07) is 0. The minimum Gasteiger partial charge on any atom is -0.387 e. The van der Waals surface area contributed by atoms with Crippen LogP contribution in [-0.4, -0.2) is 5.84 Å². The molecular weight excluding hydrogens is 112 g/mol. The van der Waals surface area contributed by atoms with E-state index in [-0.39, 0.29) is 0 Å². The first-order chi connectivity index (χ1) is 4.16. The van der Waals surface area contributed by atoms with Gasteiger partial charge in [0.25, 0.3) is 0 Å². The van der Waals surface area contributed by atoms with Gasteiger partial charge in [0.05, 0.1) is 5.84 Å². The number of hydrogen-bond acceptors (Lipinski definition) is 1. The van der Waals surface area contributed by atoms with Crippen LogP contribution in [0.15, 0.2) is 16.8 Å². The Kier molecular flexibility index (Phi) is 3.76. The number of amidine groups is 1. The molecule has 0 aromatic heterocycles. The molecule has 2 heteroatoms. The zero-order valence-corrected chi connectivity index (χ0v) is 6.31. The number of nitrogens with zero attached hydrogens (tertiary/aromatic N) is 1. The summed E-state index contributed by atoms with van der Waals surface area (Å²) < 4.78 is 0. The molecule has 0 fully saturated rings. The molecule has 0 amide bonds. The van der Waals surface area contributed by atoms with Crippen LogP contribution < -0.4 is 5.73 Å².